The highest BCUT2D eigenvalue weighted by atomic mass is 35.5. The van der Waals surface area contributed by atoms with Gasteiger partial charge in [-0.1, -0.05) is 55.8 Å². The number of halogens is 1. The first-order valence-electron chi connectivity index (χ1n) is 10.1. The van der Waals surface area contributed by atoms with Gasteiger partial charge in [-0.2, -0.15) is 4.52 Å². The van der Waals surface area contributed by atoms with Crippen molar-refractivity contribution in [3.63, 3.8) is 0 Å². The molecule has 0 aliphatic carbocycles. The van der Waals surface area contributed by atoms with E-state index in [1.54, 1.807) is 6.07 Å². The molecule has 1 N–H and O–H groups in total. The zero-order chi connectivity index (χ0) is 21.3. The number of rotatable bonds is 5. The summed E-state index contributed by atoms with van der Waals surface area (Å²) in [4.78, 5) is 32.0. The molecule has 1 fully saturated rings. The van der Waals surface area contributed by atoms with Crippen LogP contribution in [0.1, 0.15) is 43.9 Å². The minimum Gasteiger partial charge on any atom is -0.350 e. The van der Waals surface area contributed by atoms with E-state index >= 15 is 0 Å². The number of amides is 1. The molecule has 30 heavy (non-hydrogen) atoms. The maximum atomic E-state index is 12.8. The average molecular weight is 426 g/mol. The number of carbonyl (C=O) groups is 1. The molecular weight excluding hydrogens is 402 g/mol. The second-order valence-electron chi connectivity index (χ2n) is 7.79. The summed E-state index contributed by atoms with van der Waals surface area (Å²) < 4.78 is 1.22. The largest absolute Gasteiger partial charge is 0.350 e. The molecule has 3 heterocycles. The van der Waals surface area contributed by atoms with Crippen LogP contribution >= 0.6 is 11.6 Å². The summed E-state index contributed by atoms with van der Waals surface area (Å²) in [7, 11) is 0. The Hall–Kier alpha value is -2.93. The molecule has 1 saturated heterocycles. The van der Waals surface area contributed by atoms with Crippen molar-refractivity contribution in [1.29, 1.82) is 0 Å². The SMILES string of the molecule is CC(C)c1nc2ccc(N3CCC[C@@H]3C(=O)NCc3ccccc3)nn2c(=O)c1Cl. The summed E-state index contributed by atoms with van der Waals surface area (Å²) in [5.74, 6) is 0.556. The molecule has 2 aromatic heterocycles. The van der Waals surface area contributed by atoms with Crippen molar-refractivity contribution < 1.29 is 4.79 Å². The average Bonchev–Trinajstić information content (AvgIpc) is 3.25. The smallest absolute Gasteiger partial charge is 0.293 e. The van der Waals surface area contributed by atoms with Gasteiger partial charge in [0.2, 0.25) is 5.91 Å². The lowest BCUT2D eigenvalue weighted by Gasteiger charge is -2.25. The highest BCUT2D eigenvalue weighted by molar-refractivity contribution is 6.31. The summed E-state index contributed by atoms with van der Waals surface area (Å²) in [6.45, 7) is 5.05. The topological polar surface area (TPSA) is 79.6 Å². The van der Waals surface area contributed by atoms with Gasteiger partial charge in [0.1, 0.15) is 16.9 Å². The third-order valence-electron chi connectivity index (χ3n) is 5.35. The molecule has 1 aliphatic rings. The van der Waals surface area contributed by atoms with Crippen LogP contribution in [0.5, 0.6) is 0 Å². The van der Waals surface area contributed by atoms with Gasteiger partial charge in [0.15, 0.2) is 5.65 Å². The Morgan fingerprint density at radius 3 is 2.73 bits per heavy atom. The maximum absolute atomic E-state index is 12.8. The fourth-order valence-corrected chi connectivity index (χ4v) is 4.11. The Bertz CT molecular complexity index is 1130. The van der Waals surface area contributed by atoms with E-state index in [1.807, 2.05) is 55.1 Å². The number of benzene rings is 1. The quantitative estimate of drug-likeness (QED) is 0.679. The molecule has 4 rings (SSSR count). The molecule has 1 atom stereocenters. The highest BCUT2D eigenvalue weighted by Gasteiger charge is 2.32. The number of fused-ring (bicyclic) bond motifs is 1. The Morgan fingerprint density at radius 2 is 2.00 bits per heavy atom. The van der Waals surface area contributed by atoms with Crippen molar-refractivity contribution in [2.24, 2.45) is 0 Å². The second-order valence-corrected chi connectivity index (χ2v) is 8.17. The second kappa shape index (κ2) is 8.44. The molecule has 0 saturated carbocycles. The van der Waals surface area contributed by atoms with Gasteiger partial charge in [0, 0.05) is 13.1 Å². The van der Waals surface area contributed by atoms with E-state index in [4.69, 9.17) is 11.6 Å². The van der Waals surface area contributed by atoms with Gasteiger partial charge in [-0.3, -0.25) is 9.59 Å². The van der Waals surface area contributed by atoms with Crippen molar-refractivity contribution in [1.82, 2.24) is 19.9 Å². The Balaban J connectivity index is 1.59. The number of nitrogens with zero attached hydrogens (tertiary/aromatic N) is 4. The number of hydrogen-bond donors (Lipinski definition) is 1. The van der Waals surface area contributed by atoms with Crippen LogP contribution in [0.3, 0.4) is 0 Å². The molecular formula is C22H24ClN5O2. The standard InChI is InChI=1S/C22H24ClN5O2/c1-14(2)20-19(23)22(30)28-17(25-20)10-11-18(26-28)27-12-6-9-16(27)21(29)24-13-15-7-4-3-5-8-15/h3-5,7-8,10-11,14,16H,6,9,12-13H2,1-2H3,(H,24,29)/t16-/m1/s1. The fourth-order valence-electron chi connectivity index (χ4n) is 3.77. The lowest BCUT2D eigenvalue weighted by atomic mass is 10.1. The Kier molecular flexibility index (Phi) is 5.72. The van der Waals surface area contributed by atoms with Crippen LogP contribution < -0.4 is 15.8 Å². The molecule has 8 heteroatoms. The van der Waals surface area contributed by atoms with E-state index < -0.39 is 5.56 Å². The van der Waals surface area contributed by atoms with Crippen molar-refractivity contribution in [2.45, 2.75) is 45.2 Å². The van der Waals surface area contributed by atoms with E-state index in [9.17, 15) is 9.59 Å². The molecule has 0 bridgehead atoms. The van der Waals surface area contributed by atoms with Gasteiger partial charge < -0.3 is 10.2 Å². The Labute approximate surface area is 179 Å². The molecule has 0 spiro atoms. The first kappa shape index (κ1) is 20.3. The summed E-state index contributed by atoms with van der Waals surface area (Å²) in [5.41, 5.74) is 1.67. The lowest BCUT2D eigenvalue weighted by molar-refractivity contribution is -0.122. The fraction of sp³-hybridized carbons (Fsp3) is 0.364. The van der Waals surface area contributed by atoms with Crippen LogP contribution in [0.25, 0.3) is 5.65 Å². The molecule has 7 nitrogen and oxygen atoms in total. The normalized spacial score (nSPS) is 16.4. The van der Waals surface area contributed by atoms with Gasteiger partial charge in [-0.25, -0.2) is 4.98 Å². The van der Waals surface area contributed by atoms with E-state index in [-0.39, 0.29) is 22.9 Å². The monoisotopic (exact) mass is 425 g/mol. The number of aromatic nitrogens is 3. The lowest BCUT2D eigenvalue weighted by Crippen LogP contribution is -2.43. The predicted molar refractivity (Wildman–Crippen MR) is 117 cm³/mol. The number of nitrogens with one attached hydrogen (secondary N) is 1. The number of anilines is 1. The molecule has 1 aromatic carbocycles. The minimum absolute atomic E-state index is 0.0335. The van der Waals surface area contributed by atoms with Crippen LogP contribution in [0.4, 0.5) is 5.82 Å². The third-order valence-corrected chi connectivity index (χ3v) is 5.70. The molecule has 3 aromatic rings. The van der Waals surface area contributed by atoms with Crippen LogP contribution in [0, 0.1) is 0 Å². The first-order chi connectivity index (χ1) is 14.5. The van der Waals surface area contributed by atoms with Crippen LogP contribution in [0.15, 0.2) is 47.3 Å². The molecule has 1 amide bonds. The van der Waals surface area contributed by atoms with Crippen LogP contribution in [-0.2, 0) is 11.3 Å². The van der Waals surface area contributed by atoms with E-state index in [2.05, 4.69) is 15.4 Å². The molecule has 0 radical (unpaired) electrons. The summed E-state index contributed by atoms with van der Waals surface area (Å²) >= 11 is 6.24. The molecule has 156 valence electrons. The first-order valence-corrected chi connectivity index (χ1v) is 10.5. The summed E-state index contributed by atoms with van der Waals surface area (Å²) in [6.07, 6.45) is 1.61. The maximum Gasteiger partial charge on any atom is 0.293 e. The minimum atomic E-state index is -0.392. The van der Waals surface area contributed by atoms with Gasteiger partial charge in [-0.15, -0.1) is 5.10 Å². The highest BCUT2D eigenvalue weighted by Crippen LogP contribution is 2.25. The van der Waals surface area contributed by atoms with Gasteiger partial charge in [0.25, 0.3) is 5.56 Å². The number of carbonyl (C=O) groups excluding carboxylic acids is 1. The van der Waals surface area contributed by atoms with Crippen molar-refractivity contribution >= 4 is 29.0 Å². The molecule has 0 unspecified atom stereocenters. The van der Waals surface area contributed by atoms with Crippen LogP contribution in [0.2, 0.25) is 5.02 Å². The summed E-state index contributed by atoms with van der Waals surface area (Å²) in [6, 6.07) is 13.0. The zero-order valence-corrected chi connectivity index (χ0v) is 17.8. The zero-order valence-electron chi connectivity index (χ0n) is 17.0. The van der Waals surface area contributed by atoms with E-state index in [0.717, 1.165) is 18.4 Å². The molecule has 1 aliphatic heterocycles. The predicted octanol–water partition coefficient (Wildman–Crippen LogP) is 3.15. The van der Waals surface area contributed by atoms with Gasteiger partial charge in [-0.05, 0) is 36.5 Å². The summed E-state index contributed by atoms with van der Waals surface area (Å²) in [5, 5.41) is 7.57. The van der Waals surface area contributed by atoms with Crippen molar-refractivity contribution in [2.75, 3.05) is 11.4 Å². The van der Waals surface area contributed by atoms with E-state index in [1.165, 1.54) is 4.52 Å². The van der Waals surface area contributed by atoms with Crippen molar-refractivity contribution in [3.05, 3.63) is 69.1 Å². The van der Waals surface area contributed by atoms with E-state index in [0.29, 0.717) is 30.2 Å². The van der Waals surface area contributed by atoms with Crippen LogP contribution in [-0.4, -0.2) is 33.1 Å². The van der Waals surface area contributed by atoms with Gasteiger partial charge in [0.05, 0.1) is 5.69 Å². The Morgan fingerprint density at radius 1 is 1.23 bits per heavy atom. The number of hydrogen-bond acceptors (Lipinski definition) is 5. The van der Waals surface area contributed by atoms with Gasteiger partial charge >= 0.3 is 0 Å². The third kappa shape index (κ3) is 3.89. The van der Waals surface area contributed by atoms with Crippen molar-refractivity contribution in [3.8, 4) is 0 Å².